The summed E-state index contributed by atoms with van der Waals surface area (Å²) in [6.07, 6.45) is 1.66. The monoisotopic (exact) mass is 353 g/mol. The summed E-state index contributed by atoms with van der Waals surface area (Å²) in [6.45, 7) is 3.97. The number of carbonyl (C=O) groups excluding carboxylic acids is 1. The number of nitrogens with one attached hydrogen (secondary N) is 2. The molecule has 0 radical (unpaired) electrons. The average molecular weight is 354 g/mol. The summed E-state index contributed by atoms with van der Waals surface area (Å²) in [7, 11) is 1.83. The lowest BCUT2D eigenvalue weighted by atomic mass is 10.2. The summed E-state index contributed by atoms with van der Waals surface area (Å²) < 4.78 is 14.9. The molecule has 1 amide bonds. The minimum Gasteiger partial charge on any atom is -0.370 e. The predicted octanol–water partition coefficient (Wildman–Crippen LogP) is 4.01. The minimum absolute atomic E-state index is 0.191. The van der Waals surface area contributed by atoms with Gasteiger partial charge in [0.25, 0.3) is 5.91 Å². The van der Waals surface area contributed by atoms with Crippen LogP contribution in [0.3, 0.4) is 0 Å². The highest BCUT2D eigenvalue weighted by molar-refractivity contribution is 9.10. The number of benzene rings is 1. The molecular weight excluding hydrogens is 337 g/mol. The van der Waals surface area contributed by atoms with Crippen molar-refractivity contribution in [3.63, 3.8) is 0 Å². The zero-order chi connectivity index (χ0) is 15.6. The van der Waals surface area contributed by atoms with Crippen LogP contribution < -0.4 is 10.2 Å². The van der Waals surface area contributed by atoms with Gasteiger partial charge in [0, 0.05) is 29.4 Å². The molecule has 0 saturated carbocycles. The van der Waals surface area contributed by atoms with Gasteiger partial charge in [0.1, 0.15) is 11.5 Å². The van der Waals surface area contributed by atoms with E-state index in [0.717, 1.165) is 4.47 Å². The van der Waals surface area contributed by atoms with Crippen molar-refractivity contribution in [3.8, 4) is 0 Å². The number of halogens is 2. The molecule has 2 aromatic rings. The summed E-state index contributed by atoms with van der Waals surface area (Å²) in [6, 6.07) is 6.52. The third kappa shape index (κ3) is 3.64. The van der Waals surface area contributed by atoms with Crippen LogP contribution in [0.25, 0.3) is 0 Å². The van der Waals surface area contributed by atoms with Crippen molar-refractivity contribution in [2.24, 2.45) is 0 Å². The molecule has 21 heavy (non-hydrogen) atoms. The van der Waals surface area contributed by atoms with Gasteiger partial charge in [-0.2, -0.15) is 0 Å². The van der Waals surface area contributed by atoms with Crippen LogP contribution in [0.5, 0.6) is 0 Å². The van der Waals surface area contributed by atoms with Gasteiger partial charge in [-0.25, -0.2) is 4.39 Å². The van der Waals surface area contributed by atoms with Gasteiger partial charge in [0.2, 0.25) is 0 Å². The SMILES string of the molecule is CC(C)N(C)c1ccc(NC(=O)c2cc(Br)c[nH]2)cc1F. The summed E-state index contributed by atoms with van der Waals surface area (Å²) in [4.78, 5) is 16.6. The van der Waals surface area contributed by atoms with E-state index in [1.165, 1.54) is 6.07 Å². The maximum absolute atomic E-state index is 14.1. The molecule has 1 aromatic heterocycles. The Balaban J connectivity index is 2.15. The summed E-state index contributed by atoms with van der Waals surface area (Å²) in [5.74, 6) is -0.679. The molecule has 1 heterocycles. The number of aromatic nitrogens is 1. The molecule has 0 aliphatic rings. The average Bonchev–Trinajstić information content (AvgIpc) is 2.85. The first kappa shape index (κ1) is 15.6. The smallest absolute Gasteiger partial charge is 0.272 e. The topological polar surface area (TPSA) is 48.1 Å². The minimum atomic E-state index is -0.364. The van der Waals surface area contributed by atoms with Gasteiger partial charge in [0.15, 0.2) is 0 Å². The van der Waals surface area contributed by atoms with Gasteiger partial charge in [-0.1, -0.05) is 0 Å². The van der Waals surface area contributed by atoms with Crippen LogP contribution in [0.15, 0.2) is 34.9 Å². The van der Waals surface area contributed by atoms with Gasteiger partial charge < -0.3 is 15.2 Å². The van der Waals surface area contributed by atoms with E-state index >= 15 is 0 Å². The van der Waals surface area contributed by atoms with Crippen LogP contribution in [0, 0.1) is 5.82 Å². The van der Waals surface area contributed by atoms with Crippen molar-refractivity contribution in [2.45, 2.75) is 19.9 Å². The molecule has 1 aromatic carbocycles. The standard InChI is InChI=1S/C15H17BrFN3O/c1-9(2)20(3)14-5-4-11(7-12(14)17)19-15(21)13-6-10(16)8-18-13/h4-9,18H,1-3H3,(H,19,21). The predicted molar refractivity (Wildman–Crippen MR) is 86.4 cm³/mol. The number of anilines is 2. The van der Waals surface area contributed by atoms with Gasteiger partial charge in [-0.05, 0) is 54.0 Å². The molecule has 2 rings (SSSR count). The lowest BCUT2D eigenvalue weighted by Crippen LogP contribution is -2.26. The highest BCUT2D eigenvalue weighted by Gasteiger charge is 2.13. The van der Waals surface area contributed by atoms with Crippen molar-refractivity contribution in [3.05, 3.63) is 46.4 Å². The molecule has 2 N–H and O–H groups in total. The number of hydrogen-bond acceptors (Lipinski definition) is 2. The van der Waals surface area contributed by atoms with Gasteiger partial charge >= 0.3 is 0 Å². The van der Waals surface area contributed by atoms with E-state index in [4.69, 9.17) is 0 Å². The Labute approximate surface area is 131 Å². The maximum Gasteiger partial charge on any atom is 0.272 e. The summed E-state index contributed by atoms with van der Waals surface area (Å²) >= 11 is 3.26. The second-order valence-corrected chi connectivity index (χ2v) is 5.97. The molecular formula is C15H17BrFN3O. The van der Waals surface area contributed by atoms with Crippen LogP contribution in [0.1, 0.15) is 24.3 Å². The van der Waals surface area contributed by atoms with E-state index < -0.39 is 0 Å². The fraction of sp³-hybridized carbons (Fsp3) is 0.267. The van der Waals surface area contributed by atoms with Crippen molar-refractivity contribution >= 4 is 33.2 Å². The number of nitrogens with zero attached hydrogens (tertiary/aromatic N) is 1. The van der Waals surface area contributed by atoms with Gasteiger partial charge in [-0.3, -0.25) is 4.79 Å². The largest absolute Gasteiger partial charge is 0.370 e. The zero-order valence-electron chi connectivity index (χ0n) is 12.1. The molecule has 0 atom stereocenters. The lowest BCUT2D eigenvalue weighted by Gasteiger charge is -2.24. The molecule has 0 bridgehead atoms. The van der Waals surface area contributed by atoms with Crippen LogP contribution in [-0.4, -0.2) is 24.0 Å². The highest BCUT2D eigenvalue weighted by Crippen LogP contribution is 2.23. The number of rotatable bonds is 4. The number of carbonyl (C=O) groups is 1. The van der Waals surface area contributed by atoms with Crippen LogP contribution in [-0.2, 0) is 0 Å². The van der Waals surface area contributed by atoms with Crippen LogP contribution >= 0.6 is 15.9 Å². The molecule has 112 valence electrons. The molecule has 0 fully saturated rings. The molecule has 0 saturated heterocycles. The highest BCUT2D eigenvalue weighted by atomic mass is 79.9. The fourth-order valence-electron chi connectivity index (χ4n) is 1.85. The Morgan fingerprint density at radius 1 is 1.38 bits per heavy atom. The summed E-state index contributed by atoms with van der Waals surface area (Å²) in [5, 5.41) is 2.66. The third-order valence-corrected chi connectivity index (χ3v) is 3.71. The van der Waals surface area contributed by atoms with Gasteiger partial charge in [0.05, 0.1) is 5.69 Å². The molecule has 0 aliphatic heterocycles. The van der Waals surface area contributed by atoms with E-state index in [1.807, 2.05) is 25.8 Å². The normalized spacial score (nSPS) is 10.8. The molecule has 4 nitrogen and oxygen atoms in total. The lowest BCUT2D eigenvalue weighted by molar-refractivity contribution is 0.102. The number of hydrogen-bond donors (Lipinski definition) is 2. The zero-order valence-corrected chi connectivity index (χ0v) is 13.7. The van der Waals surface area contributed by atoms with E-state index in [-0.39, 0.29) is 17.8 Å². The van der Waals surface area contributed by atoms with E-state index in [9.17, 15) is 9.18 Å². The first-order chi connectivity index (χ1) is 9.88. The molecule has 0 aliphatic carbocycles. The fourth-order valence-corrected chi connectivity index (χ4v) is 2.19. The van der Waals surface area contributed by atoms with E-state index in [1.54, 1.807) is 24.4 Å². The molecule has 0 unspecified atom stereocenters. The summed E-state index contributed by atoms with van der Waals surface area (Å²) in [5.41, 5.74) is 1.33. The maximum atomic E-state index is 14.1. The molecule has 0 spiro atoms. The quantitative estimate of drug-likeness (QED) is 0.872. The van der Waals surface area contributed by atoms with E-state index in [2.05, 4.69) is 26.2 Å². The Morgan fingerprint density at radius 2 is 2.10 bits per heavy atom. The van der Waals surface area contributed by atoms with Crippen LogP contribution in [0.2, 0.25) is 0 Å². The van der Waals surface area contributed by atoms with Crippen LogP contribution in [0.4, 0.5) is 15.8 Å². The molecule has 6 heteroatoms. The Morgan fingerprint density at radius 3 is 2.62 bits per heavy atom. The Bertz CT molecular complexity index is 654. The first-order valence-electron chi connectivity index (χ1n) is 6.56. The van der Waals surface area contributed by atoms with E-state index in [0.29, 0.717) is 17.1 Å². The number of amides is 1. The Hall–Kier alpha value is -1.82. The first-order valence-corrected chi connectivity index (χ1v) is 7.35. The second kappa shape index (κ2) is 6.30. The van der Waals surface area contributed by atoms with Gasteiger partial charge in [-0.15, -0.1) is 0 Å². The number of aromatic amines is 1. The Kier molecular flexibility index (Phi) is 4.67. The number of H-pyrrole nitrogens is 1. The third-order valence-electron chi connectivity index (χ3n) is 3.25. The van der Waals surface area contributed by atoms with Crippen molar-refractivity contribution in [1.82, 2.24) is 4.98 Å². The van der Waals surface area contributed by atoms with Crippen molar-refractivity contribution < 1.29 is 9.18 Å². The van der Waals surface area contributed by atoms with Crippen molar-refractivity contribution in [2.75, 3.05) is 17.3 Å². The second-order valence-electron chi connectivity index (χ2n) is 5.06. The van der Waals surface area contributed by atoms with Crippen molar-refractivity contribution in [1.29, 1.82) is 0 Å².